The molecule has 0 saturated carbocycles. The Kier molecular flexibility index (Phi) is 5.59. The standard InChI is InChI=1S/C26H20F4N2O2/c27-20-9-6-16(7-10-20)13-24(33)32-12-2-5-22(32)25-31-21-15-18(8-11-23(21)34-25)17-3-1-4-19(14-17)26(28,29)30/h1,3-4,6-11,14-15,22H,2,5,12-13H2/t22-/m0/s1. The number of halogens is 4. The predicted octanol–water partition coefficient (Wildman–Crippen LogP) is 6.56. The molecule has 1 amide bonds. The number of rotatable bonds is 4. The number of oxazole rings is 1. The summed E-state index contributed by atoms with van der Waals surface area (Å²) in [6.07, 6.45) is -2.78. The topological polar surface area (TPSA) is 46.3 Å². The molecule has 2 heterocycles. The molecule has 8 heteroatoms. The number of fused-ring (bicyclic) bond motifs is 1. The fraction of sp³-hybridized carbons (Fsp3) is 0.231. The van der Waals surface area contributed by atoms with Crippen LogP contribution in [0.15, 0.2) is 71.1 Å². The van der Waals surface area contributed by atoms with E-state index in [2.05, 4.69) is 4.98 Å². The first-order valence-corrected chi connectivity index (χ1v) is 10.9. The molecule has 0 N–H and O–H groups in total. The Morgan fingerprint density at radius 2 is 1.79 bits per heavy atom. The Morgan fingerprint density at radius 1 is 1.03 bits per heavy atom. The molecule has 4 aromatic rings. The van der Waals surface area contributed by atoms with Gasteiger partial charge in [-0.2, -0.15) is 13.2 Å². The van der Waals surface area contributed by atoms with Crippen molar-refractivity contribution in [2.75, 3.05) is 6.54 Å². The molecule has 5 rings (SSSR count). The van der Waals surface area contributed by atoms with Gasteiger partial charge in [-0.1, -0.05) is 30.3 Å². The van der Waals surface area contributed by atoms with Crippen LogP contribution >= 0.6 is 0 Å². The number of hydrogen-bond donors (Lipinski definition) is 0. The van der Waals surface area contributed by atoms with Crippen molar-refractivity contribution in [3.8, 4) is 11.1 Å². The minimum Gasteiger partial charge on any atom is -0.438 e. The highest BCUT2D eigenvalue weighted by Gasteiger charge is 2.34. The van der Waals surface area contributed by atoms with Crippen LogP contribution in [-0.4, -0.2) is 22.3 Å². The van der Waals surface area contributed by atoms with Crippen LogP contribution in [0, 0.1) is 5.82 Å². The van der Waals surface area contributed by atoms with Crippen LogP contribution in [0.3, 0.4) is 0 Å². The van der Waals surface area contributed by atoms with E-state index in [0.29, 0.717) is 41.1 Å². The number of carbonyl (C=O) groups is 1. The highest BCUT2D eigenvalue weighted by molar-refractivity contribution is 5.81. The zero-order valence-corrected chi connectivity index (χ0v) is 18.0. The van der Waals surface area contributed by atoms with Gasteiger partial charge in [0.25, 0.3) is 0 Å². The summed E-state index contributed by atoms with van der Waals surface area (Å²) in [6, 6.07) is 15.7. The maximum atomic E-state index is 13.2. The third-order valence-electron chi connectivity index (χ3n) is 6.05. The summed E-state index contributed by atoms with van der Waals surface area (Å²) >= 11 is 0. The second-order valence-corrected chi connectivity index (χ2v) is 8.36. The first-order chi connectivity index (χ1) is 16.3. The predicted molar refractivity (Wildman–Crippen MR) is 118 cm³/mol. The van der Waals surface area contributed by atoms with Gasteiger partial charge in [0.15, 0.2) is 5.58 Å². The molecule has 0 radical (unpaired) electrons. The van der Waals surface area contributed by atoms with Crippen molar-refractivity contribution in [3.63, 3.8) is 0 Å². The van der Waals surface area contributed by atoms with E-state index >= 15 is 0 Å². The average Bonchev–Trinajstić information content (AvgIpc) is 3.46. The van der Waals surface area contributed by atoms with Crippen molar-refractivity contribution in [2.45, 2.75) is 31.5 Å². The second kappa shape index (κ2) is 8.59. The van der Waals surface area contributed by atoms with Crippen LogP contribution in [0.4, 0.5) is 17.6 Å². The van der Waals surface area contributed by atoms with Gasteiger partial charge < -0.3 is 9.32 Å². The number of likely N-dealkylation sites (tertiary alicyclic amines) is 1. The first-order valence-electron chi connectivity index (χ1n) is 10.9. The summed E-state index contributed by atoms with van der Waals surface area (Å²) in [5, 5.41) is 0. The van der Waals surface area contributed by atoms with E-state index in [0.717, 1.165) is 24.1 Å². The van der Waals surface area contributed by atoms with Crippen molar-refractivity contribution in [3.05, 3.63) is 89.6 Å². The Bertz CT molecular complexity index is 1350. The van der Waals surface area contributed by atoms with E-state index < -0.39 is 11.7 Å². The van der Waals surface area contributed by atoms with Crippen LogP contribution in [0.25, 0.3) is 22.2 Å². The normalized spacial score (nSPS) is 16.4. The number of benzene rings is 3. The maximum Gasteiger partial charge on any atom is 0.416 e. The fourth-order valence-electron chi connectivity index (χ4n) is 4.34. The van der Waals surface area contributed by atoms with Crippen LogP contribution in [0.1, 0.15) is 35.9 Å². The quantitative estimate of drug-likeness (QED) is 0.319. The highest BCUT2D eigenvalue weighted by atomic mass is 19.4. The largest absolute Gasteiger partial charge is 0.438 e. The molecule has 0 spiro atoms. The zero-order valence-electron chi connectivity index (χ0n) is 18.0. The van der Waals surface area contributed by atoms with Gasteiger partial charge in [-0.3, -0.25) is 4.79 Å². The third-order valence-corrected chi connectivity index (χ3v) is 6.05. The number of amides is 1. The Balaban J connectivity index is 1.40. The number of hydrogen-bond acceptors (Lipinski definition) is 3. The van der Waals surface area contributed by atoms with Crippen LogP contribution in [-0.2, 0) is 17.4 Å². The lowest BCUT2D eigenvalue weighted by molar-refractivity contribution is -0.137. The number of aromatic nitrogens is 1. The molecule has 1 aliphatic rings. The van der Waals surface area contributed by atoms with E-state index in [1.165, 1.54) is 18.2 Å². The number of nitrogens with zero attached hydrogens (tertiary/aromatic N) is 2. The molecule has 1 atom stereocenters. The van der Waals surface area contributed by atoms with Gasteiger partial charge in [-0.05, 0) is 65.9 Å². The molecular weight excluding hydrogens is 448 g/mol. The first kappa shape index (κ1) is 22.1. The fourth-order valence-corrected chi connectivity index (χ4v) is 4.34. The van der Waals surface area contributed by atoms with Crippen molar-refractivity contribution in [1.29, 1.82) is 0 Å². The van der Waals surface area contributed by atoms with Crippen LogP contribution < -0.4 is 0 Å². The van der Waals surface area contributed by atoms with Gasteiger partial charge in [0.2, 0.25) is 11.8 Å². The molecule has 174 valence electrons. The van der Waals surface area contributed by atoms with E-state index in [9.17, 15) is 22.4 Å². The van der Waals surface area contributed by atoms with E-state index in [4.69, 9.17) is 4.42 Å². The Labute approximate surface area is 192 Å². The molecule has 1 aliphatic heterocycles. The summed E-state index contributed by atoms with van der Waals surface area (Å²) in [5.41, 5.74) is 2.05. The minimum absolute atomic E-state index is 0.0963. The highest BCUT2D eigenvalue weighted by Crippen LogP contribution is 2.36. The summed E-state index contributed by atoms with van der Waals surface area (Å²) in [6.45, 7) is 0.568. The summed E-state index contributed by atoms with van der Waals surface area (Å²) in [7, 11) is 0. The lowest BCUT2D eigenvalue weighted by atomic mass is 10.0. The number of carbonyl (C=O) groups excluding carboxylic acids is 1. The molecule has 1 saturated heterocycles. The van der Waals surface area contributed by atoms with Gasteiger partial charge in [-0.15, -0.1) is 0 Å². The smallest absolute Gasteiger partial charge is 0.416 e. The van der Waals surface area contributed by atoms with Crippen LogP contribution in [0.5, 0.6) is 0 Å². The monoisotopic (exact) mass is 468 g/mol. The van der Waals surface area contributed by atoms with Crippen LogP contribution in [0.2, 0.25) is 0 Å². The van der Waals surface area contributed by atoms with Gasteiger partial charge >= 0.3 is 6.18 Å². The van der Waals surface area contributed by atoms with Crippen molar-refractivity contribution in [1.82, 2.24) is 9.88 Å². The Hall–Kier alpha value is -3.68. The van der Waals surface area contributed by atoms with E-state index in [1.54, 1.807) is 41.3 Å². The average molecular weight is 468 g/mol. The van der Waals surface area contributed by atoms with Crippen molar-refractivity contribution in [2.24, 2.45) is 0 Å². The SMILES string of the molecule is O=C(Cc1ccc(F)cc1)N1CCC[C@H]1c1nc2cc(-c3cccc(C(F)(F)F)c3)ccc2o1. The maximum absolute atomic E-state index is 13.2. The zero-order chi connectivity index (χ0) is 23.9. The van der Waals surface area contributed by atoms with Crippen molar-refractivity contribution >= 4 is 17.0 Å². The molecule has 3 aromatic carbocycles. The van der Waals surface area contributed by atoms with E-state index in [1.807, 2.05) is 0 Å². The number of alkyl halides is 3. The van der Waals surface area contributed by atoms with Gasteiger partial charge in [-0.25, -0.2) is 9.37 Å². The lowest BCUT2D eigenvalue weighted by Gasteiger charge is -2.22. The molecular formula is C26H20F4N2O2. The Morgan fingerprint density at radius 3 is 2.56 bits per heavy atom. The van der Waals surface area contributed by atoms with Gasteiger partial charge in [0.05, 0.1) is 12.0 Å². The second-order valence-electron chi connectivity index (χ2n) is 8.36. The molecule has 1 fully saturated rings. The van der Waals surface area contributed by atoms with E-state index in [-0.39, 0.29) is 24.2 Å². The molecule has 34 heavy (non-hydrogen) atoms. The summed E-state index contributed by atoms with van der Waals surface area (Å²) in [4.78, 5) is 19.2. The third kappa shape index (κ3) is 4.40. The van der Waals surface area contributed by atoms with Gasteiger partial charge in [0, 0.05) is 6.54 Å². The molecule has 0 unspecified atom stereocenters. The minimum atomic E-state index is -4.42. The van der Waals surface area contributed by atoms with Crippen molar-refractivity contribution < 1.29 is 26.8 Å². The summed E-state index contributed by atoms with van der Waals surface area (Å²) < 4.78 is 58.4. The lowest BCUT2D eigenvalue weighted by Crippen LogP contribution is -2.32. The summed E-state index contributed by atoms with van der Waals surface area (Å²) in [5.74, 6) is -0.0478. The molecule has 4 nitrogen and oxygen atoms in total. The molecule has 1 aromatic heterocycles. The molecule has 0 aliphatic carbocycles. The molecule has 0 bridgehead atoms. The van der Waals surface area contributed by atoms with Gasteiger partial charge in [0.1, 0.15) is 17.4 Å².